The molecule has 2 rings (SSSR count). The first-order valence-corrected chi connectivity index (χ1v) is 5.74. The highest BCUT2D eigenvalue weighted by Crippen LogP contribution is 2.21. The monoisotopic (exact) mass is 281 g/mol. The Morgan fingerprint density at radius 3 is 2.75 bits per heavy atom. The second-order valence-corrected chi connectivity index (χ2v) is 3.64. The molecule has 84 valence electrons. The van der Waals surface area contributed by atoms with Crippen LogP contribution in [0.2, 0.25) is 0 Å². The zero-order valence-corrected chi connectivity index (χ0v) is 10.7. The summed E-state index contributed by atoms with van der Waals surface area (Å²) in [5.41, 5.74) is 0.867. The molecule has 16 heavy (non-hydrogen) atoms. The number of pyridine rings is 1. The van der Waals surface area contributed by atoms with E-state index in [4.69, 9.17) is 4.74 Å². The van der Waals surface area contributed by atoms with Crippen molar-refractivity contribution in [3.63, 3.8) is 0 Å². The predicted octanol–water partition coefficient (Wildman–Crippen LogP) is 3.56. The van der Waals surface area contributed by atoms with Crippen molar-refractivity contribution >= 4 is 33.3 Å². The Hall–Kier alpha value is -1.42. The summed E-state index contributed by atoms with van der Waals surface area (Å²) in [5, 5.41) is 0.929. The molecule has 4 heteroatoms. The van der Waals surface area contributed by atoms with E-state index in [1.54, 1.807) is 24.4 Å². The van der Waals surface area contributed by atoms with Crippen molar-refractivity contribution in [3.8, 4) is 5.75 Å². The molecule has 0 saturated carbocycles. The zero-order chi connectivity index (χ0) is 12.0. The largest absolute Gasteiger partial charge is 0.429 e. The van der Waals surface area contributed by atoms with E-state index in [0.717, 1.165) is 15.4 Å². The molecule has 1 heterocycles. The number of fused-ring (bicyclic) bond motifs is 1. The third kappa shape index (κ3) is 3.03. The van der Waals surface area contributed by atoms with Crippen molar-refractivity contribution in [2.75, 3.05) is 0 Å². The van der Waals surface area contributed by atoms with Crippen LogP contribution in [0.1, 0.15) is 13.8 Å². The van der Waals surface area contributed by atoms with Gasteiger partial charge in [-0.05, 0) is 40.2 Å². The van der Waals surface area contributed by atoms with Crippen molar-refractivity contribution in [1.29, 1.82) is 0 Å². The van der Waals surface area contributed by atoms with Crippen LogP contribution in [0, 0.1) is 0 Å². The van der Waals surface area contributed by atoms with Gasteiger partial charge in [0.05, 0.1) is 5.52 Å². The van der Waals surface area contributed by atoms with Crippen LogP contribution in [0.3, 0.4) is 0 Å². The number of ether oxygens (including phenoxy) is 1. The molecule has 0 aliphatic carbocycles. The molecular formula is C12H12BrNO2. The summed E-state index contributed by atoms with van der Waals surface area (Å²) in [6.07, 6.45) is 1.72. The summed E-state index contributed by atoms with van der Waals surface area (Å²) in [6, 6.07) is 7.19. The van der Waals surface area contributed by atoms with E-state index in [1.165, 1.54) is 0 Å². The number of hydrogen-bond donors (Lipinski definition) is 0. The first-order valence-electron chi connectivity index (χ1n) is 4.95. The van der Waals surface area contributed by atoms with Crippen LogP contribution in [0.15, 0.2) is 34.9 Å². The minimum Gasteiger partial charge on any atom is -0.429 e. The molecule has 0 fully saturated rings. The molecule has 0 aliphatic heterocycles. The number of benzene rings is 1. The van der Waals surface area contributed by atoms with E-state index >= 15 is 0 Å². The molecule has 0 radical (unpaired) electrons. The van der Waals surface area contributed by atoms with Crippen LogP contribution >= 0.6 is 15.9 Å². The van der Waals surface area contributed by atoms with Crippen LogP contribution in [0.25, 0.3) is 10.9 Å². The van der Waals surface area contributed by atoms with Gasteiger partial charge in [0.1, 0.15) is 5.75 Å². The second-order valence-electron chi connectivity index (χ2n) is 2.72. The Labute approximate surface area is 103 Å². The summed E-state index contributed by atoms with van der Waals surface area (Å²) in [4.78, 5) is 14.3. The van der Waals surface area contributed by atoms with Gasteiger partial charge >= 0.3 is 0 Å². The Balaban J connectivity index is 0.000000606. The number of hydrogen-bond acceptors (Lipinski definition) is 3. The zero-order valence-electron chi connectivity index (χ0n) is 9.11. The second kappa shape index (κ2) is 6.23. The van der Waals surface area contributed by atoms with Gasteiger partial charge in [0.15, 0.2) is 0 Å². The molecule has 2 aromatic rings. The van der Waals surface area contributed by atoms with E-state index in [0.29, 0.717) is 12.2 Å². The first-order chi connectivity index (χ1) is 7.79. The minimum absolute atomic E-state index is 0.409. The van der Waals surface area contributed by atoms with Crippen molar-refractivity contribution in [1.82, 2.24) is 4.98 Å². The number of carbonyl (C=O) groups is 1. The van der Waals surface area contributed by atoms with Crippen LogP contribution in [0.4, 0.5) is 0 Å². The van der Waals surface area contributed by atoms with E-state index in [2.05, 4.69) is 20.9 Å². The summed E-state index contributed by atoms with van der Waals surface area (Å²) in [5.74, 6) is 0.521. The Bertz CT molecular complexity index is 485. The Morgan fingerprint density at radius 1 is 1.31 bits per heavy atom. The summed E-state index contributed by atoms with van der Waals surface area (Å²) < 4.78 is 5.63. The molecule has 0 saturated heterocycles. The van der Waals surface area contributed by atoms with Gasteiger partial charge in [0.25, 0.3) is 6.47 Å². The van der Waals surface area contributed by atoms with E-state index in [1.807, 2.05) is 19.9 Å². The van der Waals surface area contributed by atoms with Crippen LogP contribution in [-0.4, -0.2) is 11.5 Å². The van der Waals surface area contributed by atoms with Gasteiger partial charge in [-0.15, -0.1) is 0 Å². The number of nitrogens with zero attached hydrogens (tertiary/aromatic N) is 1. The molecule has 0 aliphatic rings. The lowest BCUT2D eigenvalue weighted by Crippen LogP contribution is -1.88. The van der Waals surface area contributed by atoms with Gasteiger partial charge in [-0.1, -0.05) is 13.8 Å². The lowest BCUT2D eigenvalue weighted by Gasteiger charge is -2.00. The van der Waals surface area contributed by atoms with Gasteiger partial charge in [-0.3, -0.25) is 9.78 Å². The fraction of sp³-hybridized carbons (Fsp3) is 0.167. The summed E-state index contributed by atoms with van der Waals surface area (Å²) in [6.45, 7) is 4.41. The van der Waals surface area contributed by atoms with Crippen molar-refractivity contribution in [3.05, 3.63) is 34.9 Å². The first kappa shape index (κ1) is 12.6. The highest BCUT2D eigenvalue weighted by Gasteiger charge is 1.98. The highest BCUT2D eigenvalue weighted by atomic mass is 79.9. The molecule has 0 unspecified atom stereocenters. The maximum atomic E-state index is 10.1. The third-order valence-electron chi connectivity index (χ3n) is 1.80. The molecule has 1 aromatic carbocycles. The van der Waals surface area contributed by atoms with Gasteiger partial charge in [0.2, 0.25) is 0 Å². The van der Waals surface area contributed by atoms with Gasteiger partial charge < -0.3 is 4.74 Å². The minimum atomic E-state index is 0.409. The summed E-state index contributed by atoms with van der Waals surface area (Å²) in [7, 11) is 0. The van der Waals surface area contributed by atoms with E-state index in [-0.39, 0.29) is 0 Å². The maximum Gasteiger partial charge on any atom is 0.298 e. The van der Waals surface area contributed by atoms with Crippen molar-refractivity contribution < 1.29 is 9.53 Å². The number of rotatable bonds is 2. The van der Waals surface area contributed by atoms with Gasteiger partial charge in [0, 0.05) is 16.1 Å². The van der Waals surface area contributed by atoms with Crippen LogP contribution in [0.5, 0.6) is 5.75 Å². The molecular weight excluding hydrogens is 270 g/mol. The predicted molar refractivity (Wildman–Crippen MR) is 67.5 cm³/mol. The van der Waals surface area contributed by atoms with Gasteiger partial charge in [-0.25, -0.2) is 0 Å². The quantitative estimate of drug-likeness (QED) is 0.790. The molecule has 0 atom stereocenters. The average Bonchev–Trinajstić information content (AvgIpc) is 2.31. The average molecular weight is 282 g/mol. The number of carbonyl (C=O) groups excluding carboxylic acids is 1. The molecule has 1 aromatic heterocycles. The third-order valence-corrected chi connectivity index (χ3v) is 2.24. The highest BCUT2D eigenvalue weighted by molar-refractivity contribution is 9.10. The number of aromatic nitrogens is 1. The molecule has 0 N–H and O–H groups in total. The Morgan fingerprint density at radius 2 is 2.06 bits per heavy atom. The normalized spacial score (nSPS) is 9.19. The van der Waals surface area contributed by atoms with E-state index in [9.17, 15) is 4.79 Å². The standard InChI is InChI=1S/C10H6BrNO2.C2H6/c11-8-3-7-4-9(14-6-13)1-2-10(7)12-5-8;1-2/h1-6H;1-2H3. The smallest absolute Gasteiger partial charge is 0.298 e. The fourth-order valence-corrected chi connectivity index (χ4v) is 1.56. The van der Waals surface area contributed by atoms with E-state index < -0.39 is 0 Å². The molecule has 0 amide bonds. The number of halogens is 1. The molecule has 3 nitrogen and oxygen atoms in total. The van der Waals surface area contributed by atoms with Crippen LogP contribution < -0.4 is 4.74 Å². The lowest BCUT2D eigenvalue weighted by atomic mass is 10.2. The molecule has 0 bridgehead atoms. The maximum absolute atomic E-state index is 10.1. The molecule has 0 spiro atoms. The lowest BCUT2D eigenvalue weighted by molar-refractivity contribution is -0.120. The fourth-order valence-electron chi connectivity index (χ4n) is 1.21. The van der Waals surface area contributed by atoms with Gasteiger partial charge in [-0.2, -0.15) is 0 Å². The SMILES string of the molecule is CC.O=COc1ccc2ncc(Br)cc2c1. The Kier molecular flexibility index (Phi) is 4.92. The van der Waals surface area contributed by atoms with Crippen molar-refractivity contribution in [2.24, 2.45) is 0 Å². The van der Waals surface area contributed by atoms with Crippen LogP contribution in [-0.2, 0) is 4.79 Å². The topological polar surface area (TPSA) is 39.2 Å². The summed E-state index contributed by atoms with van der Waals surface area (Å²) >= 11 is 3.32. The van der Waals surface area contributed by atoms with Crippen molar-refractivity contribution in [2.45, 2.75) is 13.8 Å².